The number of phenolic OH excluding ortho intramolecular Hbond substituents is 1. The second kappa shape index (κ2) is 7.58. The molecule has 0 unspecified atom stereocenters. The predicted octanol–water partition coefficient (Wildman–Crippen LogP) is 5.37. The fraction of sp³-hybridized carbons (Fsp3) is 0.111. The van der Waals surface area contributed by atoms with Gasteiger partial charge in [-0.1, -0.05) is 23.7 Å². The van der Waals surface area contributed by atoms with Gasteiger partial charge < -0.3 is 10.4 Å². The van der Waals surface area contributed by atoms with Crippen LogP contribution in [0.4, 0.5) is 18.9 Å². The summed E-state index contributed by atoms with van der Waals surface area (Å²) in [6, 6.07) is 8.94. The van der Waals surface area contributed by atoms with E-state index < -0.39 is 17.6 Å². The first-order valence-corrected chi connectivity index (χ1v) is 8.88. The molecule has 9 heteroatoms. The Bertz CT molecular complexity index is 971. The summed E-state index contributed by atoms with van der Waals surface area (Å²) in [5, 5.41) is 14.8. The Balaban J connectivity index is 1.69. The lowest BCUT2D eigenvalue weighted by molar-refractivity contribution is -0.137. The third-order valence-corrected chi connectivity index (χ3v) is 4.76. The highest BCUT2D eigenvalue weighted by Crippen LogP contribution is 2.32. The van der Waals surface area contributed by atoms with E-state index in [2.05, 4.69) is 10.3 Å². The summed E-state index contributed by atoms with van der Waals surface area (Å²) in [5.41, 5.74) is 0.454. The van der Waals surface area contributed by atoms with Crippen molar-refractivity contribution < 1.29 is 23.1 Å². The van der Waals surface area contributed by atoms with Gasteiger partial charge in [-0.2, -0.15) is 13.2 Å². The number of rotatable bonds is 4. The Morgan fingerprint density at radius 1 is 1.19 bits per heavy atom. The van der Waals surface area contributed by atoms with Crippen LogP contribution in [0.5, 0.6) is 5.75 Å². The van der Waals surface area contributed by atoms with Crippen molar-refractivity contribution in [1.29, 1.82) is 0 Å². The van der Waals surface area contributed by atoms with Crippen molar-refractivity contribution in [2.75, 3.05) is 5.32 Å². The number of hydrogen-bond donors (Lipinski definition) is 2. The van der Waals surface area contributed by atoms with Crippen LogP contribution in [0.1, 0.15) is 11.3 Å². The lowest BCUT2D eigenvalue weighted by atomic mass is 10.1. The second-order valence-corrected chi connectivity index (χ2v) is 6.90. The van der Waals surface area contributed by atoms with Crippen LogP contribution in [-0.2, 0) is 17.4 Å². The van der Waals surface area contributed by atoms with Gasteiger partial charge >= 0.3 is 6.18 Å². The van der Waals surface area contributed by atoms with Gasteiger partial charge in [0.1, 0.15) is 10.8 Å². The Morgan fingerprint density at radius 3 is 2.56 bits per heavy atom. The molecule has 3 aromatic rings. The van der Waals surface area contributed by atoms with Crippen LogP contribution in [0.15, 0.2) is 47.8 Å². The van der Waals surface area contributed by atoms with Crippen molar-refractivity contribution in [3.8, 4) is 16.3 Å². The molecule has 0 saturated heterocycles. The molecule has 0 fully saturated rings. The molecule has 0 radical (unpaired) electrons. The number of phenols is 1. The minimum Gasteiger partial charge on any atom is -0.506 e. The van der Waals surface area contributed by atoms with E-state index in [0.717, 1.165) is 12.1 Å². The highest BCUT2D eigenvalue weighted by Gasteiger charge is 2.30. The van der Waals surface area contributed by atoms with Gasteiger partial charge in [-0.05, 0) is 30.3 Å². The SMILES string of the molecule is O=C(Cc1csc(-c2ccc(C(F)(F)F)cc2)n1)Nc1cc(Cl)ccc1O. The molecule has 0 aliphatic rings. The molecular weight excluding hydrogens is 401 g/mol. The summed E-state index contributed by atoms with van der Waals surface area (Å²) in [4.78, 5) is 16.4. The standard InChI is InChI=1S/C18H12ClF3N2O2S/c19-12-5-6-15(25)14(7-12)24-16(26)8-13-9-27-17(23-13)10-1-3-11(4-2-10)18(20,21)22/h1-7,9,25H,8H2,(H,24,26). The number of aromatic nitrogens is 1. The first-order chi connectivity index (χ1) is 12.7. The Morgan fingerprint density at radius 2 is 1.89 bits per heavy atom. The molecule has 0 atom stereocenters. The summed E-state index contributed by atoms with van der Waals surface area (Å²) in [7, 11) is 0. The Labute approximate surface area is 161 Å². The molecule has 1 aromatic heterocycles. The van der Waals surface area contributed by atoms with Crippen LogP contribution >= 0.6 is 22.9 Å². The molecule has 0 bridgehead atoms. The number of anilines is 1. The quantitative estimate of drug-likeness (QED) is 0.566. The number of alkyl halides is 3. The molecule has 0 aliphatic heterocycles. The molecule has 2 N–H and O–H groups in total. The normalized spacial score (nSPS) is 11.4. The number of amides is 1. The van der Waals surface area contributed by atoms with E-state index in [1.807, 2.05) is 0 Å². The van der Waals surface area contributed by atoms with Gasteiger partial charge in [0.05, 0.1) is 23.4 Å². The van der Waals surface area contributed by atoms with Crippen molar-refractivity contribution >= 4 is 34.5 Å². The van der Waals surface area contributed by atoms with Gasteiger partial charge in [0.2, 0.25) is 5.91 Å². The molecule has 2 aromatic carbocycles. The molecule has 0 spiro atoms. The van der Waals surface area contributed by atoms with Gasteiger partial charge in [-0.15, -0.1) is 11.3 Å². The molecule has 1 amide bonds. The number of benzene rings is 2. The van der Waals surface area contributed by atoms with Crippen molar-refractivity contribution in [2.24, 2.45) is 0 Å². The van der Waals surface area contributed by atoms with E-state index in [0.29, 0.717) is 21.3 Å². The first-order valence-electron chi connectivity index (χ1n) is 7.63. The molecule has 0 saturated carbocycles. The highest BCUT2D eigenvalue weighted by atomic mass is 35.5. The lowest BCUT2D eigenvalue weighted by Crippen LogP contribution is -2.14. The van der Waals surface area contributed by atoms with Gasteiger partial charge in [0.25, 0.3) is 0 Å². The zero-order valence-corrected chi connectivity index (χ0v) is 15.1. The lowest BCUT2D eigenvalue weighted by Gasteiger charge is -2.07. The molecule has 140 valence electrons. The fourth-order valence-corrected chi connectivity index (χ4v) is 3.29. The second-order valence-electron chi connectivity index (χ2n) is 5.61. The van der Waals surface area contributed by atoms with E-state index >= 15 is 0 Å². The molecule has 1 heterocycles. The number of nitrogens with zero attached hydrogens (tertiary/aromatic N) is 1. The number of halogens is 4. The predicted molar refractivity (Wildman–Crippen MR) is 98.0 cm³/mol. The van der Waals surface area contributed by atoms with Gasteiger partial charge in [-0.25, -0.2) is 4.98 Å². The maximum atomic E-state index is 12.6. The third-order valence-electron chi connectivity index (χ3n) is 3.59. The number of hydrogen-bond acceptors (Lipinski definition) is 4. The van der Waals surface area contributed by atoms with E-state index in [9.17, 15) is 23.1 Å². The van der Waals surface area contributed by atoms with Crippen molar-refractivity contribution in [3.05, 3.63) is 64.1 Å². The van der Waals surface area contributed by atoms with Crippen LogP contribution in [0, 0.1) is 0 Å². The van der Waals surface area contributed by atoms with Gasteiger partial charge in [-0.3, -0.25) is 4.79 Å². The van der Waals surface area contributed by atoms with Gasteiger partial charge in [0, 0.05) is 16.0 Å². The monoisotopic (exact) mass is 412 g/mol. The van der Waals surface area contributed by atoms with Crippen molar-refractivity contribution in [2.45, 2.75) is 12.6 Å². The molecule has 4 nitrogen and oxygen atoms in total. The zero-order chi connectivity index (χ0) is 19.6. The van der Waals surface area contributed by atoms with Crippen LogP contribution in [0.2, 0.25) is 5.02 Å². The van der Waals surface area contributed by atoms with Crippen LogP contribution in [0.3, 0.4) is 0 Å². The summed E-state index contributed by atoms with van der Waals surface area (Å²) < 4.78 is 37.9. The summed E-state index contributed by atoms with van der Waals surface area (Å²) in [6.45, 7) is 0. The Hall–Kier alpha value is -2.58. The van der Waals surface area contributed by atoms with Crippen LogP contribution < -0.4 is 5.32 Å². The van der Waals surface area contributed by atoms with Crippen molar-refractivity contribution in [1.82, 2.24) is 4.98 Å². The highest BCUT2D eigenvalue weighted by molar-refractivity contribution is 7.13. The van der Waals surface area contributed by atoms with Crippen LogP contribution in [-0.4, -0.2) is 16.0 Å². The number of nitrogens with one attached hydrogen (secondary N) is 1. The maximum absolute atomic E-state index is 12.6. The number of thiazole rings is 1. The summed E-state index contributed by atoms with van der Waals surface area (Å²) >= 11 is 7.05. The molecule has 3 rings (SSSR count). The Kier molecular flexibility index (Phi) is 5.38. The molecular formula is C18H12ClF3N2O2S. The molecule has 0 aliphatic carbocycles. The number of aromatic hydroxyl groups is 1. The van der Waals surface area contributed by atoms with E-state index in [1.165, 1.54) is 41.7 Å². The topological polar surface area (TPSA) is 62.2 Å². The van der Waals surface area contributed by atoms with E-state index in [1.54, 1.807) is 5.38 Å². The third kappa shape index (κ3) is 4.78. The zero-order valence-electron chi connectivity index (χ0n) is 13.5. The van der Waals surface area contributed by atoms with E-state index in [4.69, 9.17) is 11.6 Å². The first kappa shape index (κ1) is 19.2. The minimum atomic E-state index is -4.39. The fourth-order valence-electron chi connectivity index (χ4n) is 2.29. The minimum absolute atomic E-state index is 0.0525. The average molecular weight is 413 g/mol. The number of carbonyl (C=O) groups excluding carboxylic acids is 1. The van der Waals surface area contributed by atoms with E-state index in [-0.39, 0.29) is 17.9 Å². The summed E-state index contributed by atoms with van der Waals surface area (Å²) in [6.07, 6.45) is -4.44. The van der Waals surface area contributed by atoms with Crippen LogP contribution in [0.25, 0.3) is 10.6 Å². The van der Waals surface area contributed by atoms with Crippen molar-refractivity contribution in [3.63, 3.8) is 0 Å². The molecule has 27 heavy (non-hydrogen) atoms. The number of carbonyl (C=O) groups is 1. The smallest absolute Gasteiger partial charge is 0.416 e. The van der Waals surface area contributed by atoms with Gasteiger partial charge in [0.15, 0.2) is 0 Å². The maximum Gasteiger partial charge on any atom is 0.416 e. The summed E-state index contributed by atoms with van der Waals surface area (Å²) in [5.74, 6) is -0.520. The largest absolute Gasteiger partial charge is 0.506 e. The average Bonchev–Trinajstić information content (AvgIpc) is 3.06.